The van der Waals surface area contributed by atoms with E-state index in [1.165, 1.54) is 5.06 Å². The lowest BCUT2D eigenvalue weighted by Crippen LogP contribution is -2.49. The smallest absolute Gasteiger partial charge is 0.353 e. The maximum absolute atomic E-state index is 10.9. The molecule has 0 saturated carbocycles. The molecular weight excluding hydrogens is 174 g/mol. The Labute approximate surface area is 76.2 Å². The number of carbonyl (C=O) groups is 2. The second-order valence-electron chi connectivity index (χ2n) is 2.62. The van der Waals surface area contributed by atoms with Gasteiger partial charge < -0.3 is 15.5 Å². The second kappa shape index (κ2) is 4.66. The minimum Gasteiger partial charge on any atom is -0.353 e. The Kier molecular flexibility index (Phi) is 3.51. The Morgan fingerprint density at radius 3 is 3.15 bits per heavy atom. The lowest BCUT2D eigenvalue weighted by Gasteiger charge is -2.24. The van der Waals surface area contributed by atoms with Crippen molar-refractivity contribution in [2.45, 2.75) is 6.92 Å². The van der Waals surface area contributed by atoms with Crippen LogP contribution in [0.1, 0.15) is 6.92 Å². The number of amides is 2. The van der Waals surface area contributed by atoms with Gasteiger partial charge in [0.05, 0.1) is 6.54 Å². The van der Waals surface area contributed by atoms with E-state index in [4.69, 9.17) is 4.84 Å². The average Bonchev–Trinajstić information content (AvgIpc) is 2.04. The van der Waals surface area contributed by atoms with Crippen molar-refractivity contribution < 1.29 is 14.4 Å². The van der Waals surface area contributed by atoms with Gasteiger partial charge in [0.25, 0.3) is 0 Å². The van der Waals surface area contributed by atoms with Crippen LogP contribution < -0.4 is 10.6 Å². The molecule has 1 aliphatic rings. The van der Waals surface area contributed by atoms with Gasteiger partial charge in [0.2, 0.25) is 5.91 Å². The zero-order valence-electron chi connectivity index (χ0n) is 7.50. The Morgan fingerprint density at radius 2 is 2.54 bits per heavy atom. The molecule has 1 saturated heterocycles. The van der Waals surface area contributed by atoms with Crippen LogP contribution in [0.3, 0.4) is 0 Å². The summed E-state index contributed by atoms with van der Waals surface area (Å²) in [5.74, 6) is -0.129. The Bertz CT molecular complexity index is 207. The summed E-state index contributed by atoms with van der Waals surface area (Å²) >= 11 is 0. The summed E-state index contributed by atoms with van der Waals surface area (Å²) < 4.78 is 0. The maximum Gasteiger partial charge on any atom is 0.426 e. The molecule has 2 amide bonds. The van der Waals surface area contributed by atoms with Crippen LogP contribution >= 0.6 is 0 Å². The van der Waals surface area contributed by atoms with Gasteiger partial charge in [-0.15, -0.1) is 5.06 Å². The molecular formula is C7H13N3O3. The van der Waals surface area contributed by atoms with E-state index in [1.54, 1.807) is 6.92 Å². The molecule has 1 heterocycles. The SMILES string of the molecule is CCNC(=O)ON1CCNC(=O)C1. The number of piperazine rings is 1. The third kappa shape index (κ3) is 3.29. The van der Waals surface area contributed by atoms with Gasteiger partial charge in [-0.1, -0.05) is 0 Å². The van der Waals surface area contributed by atoms with Gasteiger partial charge in [-0.3, -0.25) is 4.79 Å². The zero-order chi connectivity index (χ0) is 9.68. The number of hydroxylamine groups is 2. The fourth-order valence-corrected chi connectivity index (χ4v) is 0.987. The molecule has 0 atom stereocenters. The van der Waals surface area contributed by atoms with Crippen molar-refractivity contribution in [1.82, 2.24) is 15.7 Å². The molecule has 74 valence electrons. The Hall–Kier alpha value is -1.30. The number of hydrogen-bond donors (Lipinski definition) is 2. The molecule has 0 spiro atoms. The summed E-state index contributed by atoms with van der Waals surface area (Å²) in [6, 6.07) is 0. The van der Waals surface area contributed by atoms with Crippen LogP contribution in [0.2, 0.25) is 0 Å². The van der Waals surface area contributed by atoms with E-state index in [2.05, 4.69) is 10.6 Å². The van der Waals surface area contributed by atoms with Crippen LogP contribution in [0.4, 0.5) is 4.79 Å². The number of hydrogen-bond acceptors (Lipinski definition) is 4. The molecule has 0 unspecified atom stereocenters. The third-order valence-electron chi connectivity index (χ3n) is 1.54. The molecule has 0 bridgehead atoms. The first-order valence-corrected chi connectivity index (χ1v) is 4.20. The lowest BCUT2D eigenvalue weighted by molar-refractivity contribution is -0.145. The number of rotatable bonds is 2. The van der Waals surface area contributed by atoms with E-state index in [9.17, 15) is 9.59 Å². The highest BCUT2D eigenvalue weighted by Crippen LogP contribution is 1.94. The average molecular weight is 187 g/mol. The van der Waals surface area contributed by atoms with E-state index < -0.39 is 6.09 Å². The van der Waals surface area contributed by atoms with Gasteiger partial charge in [-0.25, -0.2) is 4.79 Å². The van der Waals surface area contributed by atoms with Crippen LogP contribution in [0.5, 0.6) is 0 Å². The van der Waals surface area contributed by atoms with Crippen LogP contribution in [0.15, 0.2) is 0 Å². The molecule has 2 N–H and O–H groups in total. The zero-order valence-corrected chi connectivity index (χ0v) is 7.50. The first-order chi connectivity index (χ1) is 6.22. The highest BCUT2D eigenvalue weighted by Gasteiger charge is 2.19. The molecule has 13 heavy (non-hydrogen) atoms. The minimum absolute atomic E-state index is 0.108. The minimum atomic E-state index is -0.516. The third-order valence-corrected chi connectivity index (χ3v) is 1.54. The highest BCUT2D eigenvalue weighted by molar-refractivity contribution is 5.78. The summed E-state index contributed by atoms with van der Waals surface area (Å²) in [5, 5.41) is 6.44. The predicted octanol–water partition coefficient (Wildman–Crippen LogP) is -0.921. The summed E-state index contributed by atoms with van der Waals surface area (Å²) in [6.45, 7) is 3.46. The number of nitrogens with zero attached hydrogens (tertiary/aromatic N) is 1. The Morgan fingerprint density at radius 1 is 1.77 bits per heavy atom. The molecule has 0 aliphatic carbocycles. The summed E-state index contributed by atoms with van der Waals surface area (Å²) in [5.41, 5.74) is 0. The molecule has 1 fully saturated rings. The van der Waals surface area contributed by atoms with Crippen molar-refractivity contribution in [2.24, 2.45) is 0 Å². The standard InChI is InChI=1S/C7H13N3O3/c1-2-8-7(12)13-10-4-3-9-6(11)5-10/h2-5H2,1H3,(H,8,12)(H,9,11). The van der Waals surface area contributed by atoms with E-state index in [0.29, 0.717) is 19.6 Å². The van der Waals surface area contributed by atoms with Crippen LogP contribution in [0, 0.1) is 0 Å². The summed E-state index contributed by atoms with van der Waals surface area (Å²) in [7, 11) is 0. The van der Waals surface area contributed by atoms with Crippen molar-refractivity contribution >= 4 is 12.0 Å². The molecule has 6 heteroatoms. The van der Waals surface area contributed by atoms with Gasteiger partial charge >= 0.3 is 6.09 Å². The summed E-state index contributed by atoms with van der Waals surface area (Å²) in [4.78, 5) is 26.6. The van der Waals surface area contributed by atoms with Crippen molar-refractivity contribution in [1.29, 1.82) is 0 Å². The summed E-state index contributed by atoms with van der Waals surface area (Å²) in [6.07, 6.45) is -0.516. The first-order valence-electron chi connectivity index (χ1n) is 4.20. The molecule has 1 rings (SSSR count). The Balaban J connectivity index is 2.27. The van der Waals surface area contributed by atoms with Crippen LogP contribution in [-0.2, 0) is 9.63 Å². The fraction of sp³-hybridized carbons (Fsp3) is 0.714. The number of nitrogens with one attached hydrogen (secondary N) is 2. The van der Waals surface area contributed by atoms with Gasteiger partial charge in [0.15, 0.2) is 0 Å². The van der Waals surface area contributed by atoms with Gasteiger partial charge in [-0.05, 0) is 6.92 Å². The maximum atomic E-state index is 10.9. The first kappa shape index (κ1) is 9.79. The van der Waals surface area contributed by atoms with Crippen molar-refractivity contribution in [3.8, 4) is 0 Å². The molecule has 6 nitrogen and oxygen atoms in total. The number of carbonyl (C=O) groups excluding carboxylic acids is 2. The van der Waals surface area contributed by atoms with E-state index in [0.717, 1.165) is 0 Å². The predicted molar refractivity (Wildman–Crippen MR) is 44.7 cm³/mol. The molecule has 0 aromatic carbocycles. The topological polar surface area (TPSA) is 70.7 Å². The normalized spacial score (nSPS) is 17.8. The van der Waals surface area contributed by atoms with E-state index in [1.807, 2.05) is 0 Å². The quantitative estimate of drug-likeness (QED) is 0.586. The van der Waals surface area contributed by atoms with Crippen LogP contribution in [0.25, 0.3) is 0 Å². The fourth-order valence-electron chi connectivity index (χ4n) is 0.987. The lowest BCUT2D eigenvalue weighted by atomic mass is 10.4. The molecule has 1 aliphatic heterocycles. The van der Waals surface area contributed by atoms with Crippen molar-refractivity contribution in [3.63, 3.8) is 0 Å². The molecule has 0 aromatic heterocycles. The van der Waals surface area contributed by atoms with E-state index in [-0.39, 0.29) is 12.5 Å². The second-order valence-corrected chi connectivity index (χ2v) is 2.62. The van der Waals surface area contributed by atoms with Gasteiger partial charge in [0, 0.05) is 13.1 Å². The highest BCUT2D eigenvalue weighted by atomic mass is 16.7. The van der Waals surface area contributed by atoms with Crippen molar-refractivity contribution in [3.05, 3.63) is 0 Å². The molecule has 0 aromatic rings. The molecule has 0 radical (unpaired) electrons. The largest absolute Gasteiger partial charge is 0.426 e. The van der Waals surface area contributed by atoms with Gasteiger partial charge in [0.1, 0.15) is 6.54 Å². The van der Waals surface area contributed by atoms with Crippen molar-refractivity contribution in [2.75, 3.05) is 26.2 Å². The van der Waals surface area contributed by atoms with E-state index >= 15 is 0 Å². The van der Waals surface area contributed by atoms with Crippen LogP contribution in [-0.4, -0.2) is 43.2 Å². The van der Waals surface area contributed by atoms with Gasteiger partial charge in [-0.2, -0.15) is 0 Å². The monoisotopic (exact) mass is 187 g/mol.